The van der Waals surface area contributed by atoms with Crippen molar-refractivity contribution in [3.63, 3.8) is 0 Å². The van der Waals surface area contributed by atoms with Crippen LogP contribution in [-0.2, 0) is 6.42 Å². The Hall–Kier alpha value is -1.77. The third kappa shape index (κ3) is 5.76. The molecule has 1 aromatic rings. The zero-order valence-corrected chi connectivity index (χ0v) is 10.6. The van der Waals surface area contributed by atoms with E-state index in [-0.39, 0.29) is 0 Å². The van der Waals surface area contributed by atoms with Crippen LogP contribution >= 0.6 is 0 Å². The summed E-state index contributed by atoms with van der Waals surface area (Å²) in [6.45, 7) is 7.68. The number of amidine groups is 1. The molecule has 0 aliphatic rings. The lowest BCUT2D eigenvalue weighted by Crippen LogP contribution is -2.25. The molecule has 1 unspecified atom stereocenters. The van der Waals surface area contributed by atoms with Crippen LogP contribution in [0.4, 0.5) is 0 Å². The van der Waals surface area contributed by atoms with E-state index in [1.54, 1.807) is 6.92 Å². The van der Waals surface area contributed by atoms with Crippen LogP contribution in [0.5, 0.6) is 0 Å². The number of benzene rings is 1. The molecule has 0 radical (unpaired) electrons. The summed E-state index contributed by atoms with van der Waals surface area (Å²) < 4.78 is 0. The Kier molecular flexibility index (Phi) is 5.27. The first kappa shape index (κ1) is 13.3. The molecule has 0 aromatic heterocycles. The van der Waals surface area contributed by atoms with Crippen LogP contribution in [0.25, 0.3) is 0 Å². The first-order valence-corrected chi connectivity index (χ1v) is 5.88. The molecule has 3 nitrogen and oxygen atoms in total. The van der Waals surface area contributed by atoms with E-state index in [0.29, 0.717) is 17.7 Å². The van der Waals surface area contributed by atoms with E-state index in [4.69, 9.17) is 5.73 Å². The van der Waals surface area contributed by atoms with E-state index in [0.717, 1.165) is 12.8 Å². The van der Waals surface area contributed by atoms with Gasteiger partial charge in [-0.05, 0) is 32.3 Å². The van der Waals surface area contributed by atoms with Gasteiger partial charge in [-0.15, -0.1) is 0 Å². The van der Waals surface area contributed by atoms with Crippen molar-refractivity contribution in [1.29, 1.82) is 0 Å². The molecular formula is C14H21N3. The molecule has 3 heteroatoms. The zero-order valence-electron chi connectivity index (χ0n) is 10.6. The van der Waals surface area contributed by atoms with Gasteiger partial charge in [0, 0.05) is 6.04 Å². The van der Waals surface area contributed by atoms with Crippen molar-refractivity contribution in [2.24, 2.45) is 10.7 Å². The van der Waals surface area contributed by atoms with E-state index in [1.165, 1.54) is 5.56 Å². The fraction of sp³-hybridized carbons (Fsp3) is 0.357. The van der Waals surface area contributed by atoms with Gasteiger partial charge in [0.05, 0.1) is 5.84 Å². The van der Waals surface area contributed by atoms with Crippen molar-refractivity contribution in [3.05, 3.63) is 48.3 Å². The molecule has 0 fully saturated rings. The van der Waals surface area contributed by atoms with Gasteiger partial charge in [0.1, 0.15) is 5.82 Å². The van der Waals surface area contributed by atoms with E-state index in [9.17, 15) is 0 Å². The van der Waals surface area contributed by atoms with Gasteiger partial charge in [-0.2, -0.15) is 0 Å². The molecule has 0 saturated carbocycles. The van der Waals surface area contributed by atoms with Crippen molar-refractivity contribution in [1.82, 2.24) is 5.32 Å². The third-order valence-corrected chi connectivity index (χ3v) is 2.43. The fourth-order valence-corrected chi connectivity index (χ4v) is 1.63. The molecule has 0 heterocycles. The number of aryl methyl sites for hydroxylation is 1. The molecule has 0 spiro atoms. The summed E-state index contributed by atoms with van der Waals surface area (Å²) in [4.78, 5) is 4.06. The molecule has 0 bridgehead atoms. The minimum atomic E-state index is 0.339. The summed E-state index contributed by atoms with van der Waals surface area (Å²) in [5.41, 5.74) is 6.84. The highest BCUT2D eigenvalue weighted by Crippen LogP contribution is 2.05. The second-order valence-electron chi connectivity index (χ2n) is 4.27. The lowest BCUT2D eigenvalue weighted by Gasteiger charge is -2.14. The topological polar surface area (TPSA) is 50.4 Å². The van der Waals surface area contributed by atoms with Crippen LogP contribution in [0.1, 0.15) is 25.8 Å². The van der Waals surface area contributed by atoms with Crippen molar-refractivity contribution in [3.8, 4) is 0 Å². The van der Waals surface area contributed by atoms with Crippen LogP contribution in [0.3, 0.4) is 0 Å². The van der Waals surface area contributed by atoms with Crippen molar-refractivity contribution in [2.75, 3.05) is 0 Å². The maximum absolute atomic E-state index is 5.48. The predicted molar refractivity (Wildman–Crippen MR) is 73.8 cm³/mol. The Morgan fingerprint density at radius 2 is 2.06 bits per heavy atom. The SMILES string of the molecule is C=C(/N=C(\C)N)NC(C)CCc1ccccc1. The molecule has 0 saturated heterocycles. The smallest absolute Gasteiger partial charge is 0.120 e. The Morgan fingerprint density at radius 3 is 2.65 bits per heavy atom. The first-order chi connectivity index (χ1) is 8.08. The maximum atomic E-state index is 5.48. The largest absolute Gasteiger partial charge is 0.387 e. The first-order valence-electron chi connectivity index (χ1n) is 5.88. The van der Waals surface area contributed by atoms with Crippen LogP contribution in [0.15, 0.2) is 47.7 Å². The van der Waals surface area contributed by atoms with Crippen LogP contribution < -0.4 is 11.1 Å². The van der Waals surface area contributed by atoms with Gasteiger partial charge in [0.25, 0.3) is 0 Å². The molecule has 0 amide bonds. The predicted octanol–water partition coefficient (Wildman–Crippen LogP) is 2.45. The minimum absolute atomic E-state index is 0.339. The number of rotatable bonds is 6. The number of nitrogens with two attached hydrogens (primary N) is 1. The summed E-state index contributed by atoms with van der Waals surface area (Å²) >= 11 is 0. The third-order valence-electron chi connectivity index (χ3n) is 2.43. The van der Waals surface area contributed by atoms with Crippen molar-refractivity contribution >= 4 is 5.84 Å². The number of hydrogen-bond donors (Lipinski definition) is 2. The van der Waals surface area contributed by atoms with Gasteiger partial charge in [0.15, 0.2) is 0 Å². The van der Waals surface area contributed by atoms with Gasteiger partial charge >= 0.3 is 0 Å². The van der Waals surface area contributed by atoms with Crippen LogP contribution in [-0.4, -0.2) is 11.9 Å². The zero-order chi connectivity index (χ0) is 12.7. The average molecular weight is 231 g/mol. The number of hydrogen-bond acceptors (Lipinski definition) is 2. The van der Waals surface area contributed by atoms with Gasteiger partial charge in [-0.25, -0.2) is 4.99 Å². The normalized spacial score (nSPS) is 13.2. The summed E-state index contributed by atoms with van der Waals surface area (Å²) in [6.07, 6.45) is 2.09. The molecular weight excluding hydrogens is 210 g/mol. The molecule has 0 aliphatic carbocycles. The van der Waals surface area contributed by atoms with Gasteiger partial charge in [-0.3, -0.25) is 0 Å². The molecule has 17 heavy (non-hydrogen) atoms. The fourth-order valence-electron chi connectivity index (χ4n) is 1.63. The molecule has 1 atom stereocenters. The van der Waals surface area contributed by atoms with Gasteiger partial charge in [0.2, 0.25) is 0 Å². The second-order valence-corrected chi connectivity index (χ2v) is 4.27. The monoisotopic (exact) mass is 231 g/mol. The Balaban J connectivity index is 2.33. The summed E-state index contributed by atoms with van der Waals surface area (Å²) in [5.74, 6) is 1.16. The highest BCUT2D eigenvalue weighted by atomic mass is 15.1. The second kappa shape index (κ2) is 6.74. The molecule has 1 rings (SSSR count). The van der Waals surface area contributed by atoms with E-state index in [1.807, 2.05) is 6.07 Å². The summed E-state index contributed by atoms with van der Waals surface area (Å²) in [5, 5.41) is 3.22. The Labute approximate surface area is 103 Å². The Morgan fingerprint density at radius 1 is 1.41 bits per heavy atom. The van der Waals surface area contributed by atoms with Gasteiger partial charge < -0.3 is 11.1 Å². The van der Waals surface area contributed by atoms with Crippen LogP contribution in [0.2, 0.25) is 0 Å². The average Bonchev–Trinajstić information content (AvgIpc) is 2.26. The lowest BCUT2D eigenvalue weighted by atomic mass is 10.1. The quantitative estimate of drug-likeness (QED) is 0.583. The number of nitrogens with one attached hydrogen (secondary N) is 1. The van der Waals surface area contributed by atoms with Gasteiger partial charge in [-0.1, -0.05) is 36.9 Å². The Bertz CT molecular complexity index is 378. The van der Waals surface area contributed by atoms with E-state index >= 15 is 0 Å². The molecule has 0 aliphatic heterocycles. The maximum Gasteiger partial charge on any atom is 0.120 e. The van der Waals surface area contributed by atoms with Crippen LogP contribution in [0, 0.1) is 0 Å². The number of aliphatic imine (C=N–C) groups is 1. The highest BCUT2D eigenvalue weighted by Gasteiger charge is 2.02. The van der Waals surface area contributed by atoms with Crippen molar-refractivity contribution < 1.29 is 0 Å². The minimum Gasteiger partial charge on any atom is -0.387 e. The standard InChI is InChI=1S/C14H21N3/c1-11(16-13(3)17-12(2)15)9-10-14-7-5-4-6-8-14/h4-8,11,16H,3,9-10H2,1-2H3,(H2,15,17). The highest BCUT2D eigenvalue weighted by molar-refractivity contribution is 5.78. The molecule has 92 valence electrons. The lowest BCUT2D eigenvalue weighted by molar-refractivity contribution is 0.565. The summed E-state index contributed by atoms with van der Waals surface area (Å²) in [6, 6.07) is 10.8. The summed E-state index contributed by atoms with van der Waals surface area (Å²) in [7, 11) is 0. The molecule has 3 N–H and O–H groups in total. The van der Waals surface area contributed by atoms with E-state index < -0.39 is 0 Å². The number of nitrogens with zero attached hydrogens (tertiary/aromatic N) is 1. The van der Waals surface area contributed by atoms with Crippen molar-refractivity contribution in [2.45, 2.75) is 32.7 Å². The van der Waals surface area contributed by atoms with E-state index in [2.05, 4.69) is 48.1 Å². The molecule has 1 aromatic carbocycles.